The summed E-state index contributed by atoms with van der Waals surface area (Å²) in [6.45, 7) is 6.59. The van der Waals surface area contributed by atoms with Crippen LogP contribution in [0.1, 0.15) is 31.4 Å². The van der Waals surface area contributed by atoms with Gasteiger partial charge in [0.25, 0.3) is 0 Å². The molecule has 3 N–H and O–H groups in total. The molecule has 0 bridgehead atoms. The van der Waals surface area contributed by atoms with Gasteiger partial charge in [-0.1, -0.05) is 19.1 Å². The lowest BCUT2D eigenvalue weighted by molar-refractivity contribution is -0.119. The summed E-state index contributed by atoms with van der Waals surface area (Å²) in [5.74, 6) is 0.673. The second kappa shape index (κ2) is 8.77. The van der Waals surface area contributed by atoms with Crippen molar-refractivity contribution >= 4 is 18.3 Å². The van der Waals surface area contributed by atoms with Crippen LogP contribution < -0.4 is 15.8 Å². The van der Waals surface area contributed by atoms with Crippen LogP contribution >= 0.6 is 12.4 Å². The SMILES string of the molecule is CCC(C)Oc1cc(C)ccc1CNC(=O)CN.Cl. The molecule has 0 aliphatic rings. The van der Waals surface area contributed by atoms with E-state index in [1.165, 1.54) is 0 Å². The lowest BCUT2D eigenvalue weighted by Gasteiger charge is -2.17. The van der Waals surface area contributed by atoms with Gasteiger partial charge in [0.1, 0.15) is 5.75 Å². The summed E-state index contributed by atoms with van der Waals surface area (Å²) in [7, 11) is 0. The van der Waals surface area contributed by atoms with Crippen molar-refractivity contribution in [1.82, 2.24) is 5.32 Å². The average molecular weight is 287 g/mol. The van der Waals surface area contributed by atoms with Gasteiger partial charge < -0.3 is 15.8 Å². The molecule has 19 heavy (non-hydrogen) atoms. The smallest absolute Gasteiger partial charge is 0.234 e. The number of nitrogens with one attached hydrogen (secondary N) is 1. The van der Waals surface area contributed by atoms with Crippen LogP contribution in [-0.4, -0.2) is 18.6 Å². The van der Waals surface area contributed by atoms with E-state index in [4.69, 9.17) is 10.5 Å². The molecule has 0 aromatic heterocycles. The Balaban J connectivity index is 0.00000324. The molecule has 4 nitrogen and oxygen atoms in total. The van der Waals surface area contributed by atoms with Crippen LogP contribution in [0.4, 0.5) is 0 Å². The molecule has 0 saturated heterocycles. The van der Waals surface area contributed by atoms with E-state index in [1.54, 1.807) is 0 Å². The van der Waals surface area contributed by atoms with E-state index in [0.29, 0.717) is 6.54 Å². The van der Waals surface area contributed by atoms with Crippen molar-refractivity contribution in [2.45, 2.75) is 39.8 Å². The van der Waals surface area contributed by atoms with E-state index in [1.807, 2.05) is 32.0 Å². The second-order valence-electron chi connectivity index (χ2n) is 4.43. The van der Waals surface area contributed by atoms with Crippen LogP contribution in [0.5, 0.6) is 5.75 Å². The molecule has 1 unspecified atom stereocenters. The van der Waals surface area contributed by atoms with Gasteiger partial charge in [-0.25, -0.2) is 0 Å². The van der Waals surface area contributed by atoms with E-state index in [0.717, 1.165) is 23.3 Å². The summed E-state index contributed by atoms with van der Waals surface area (Å²) in [5.41, 5.74) is 7.37. The lowest BCUT2D eigenvalue weighted by Crippen LogP contribution is -2.30. The predicted molar refractivity (Wildman–Crippen MR) is 79.7 cm³/mol. The highest BCUT2D eigenvalue weighted by atomic mass is 35.5. The Morgan fingerprint density at radius 1 is 1.47 bits per heavy atom. The molecule has 0 aliphatic carbocycles. The monoisotopic (exact) mass is 286 g/mol. The molecule has 0 fully saturated rings. The average Bonchev–Trinajstić information content (AvgIpc) is 2.37. The molecule has 1 amide bonds. The van der Waals surface area contributed by atoms with Crippen LogP contribution in [0.2, 0.25) is 0 Å². The van der Waals surface area contributed by atoms with E-state index in [9.17, 15) is 4.79 Å². The largest absolute Gasteiger partial charge is 0.490 e. The Labute approximate surface area is 121 Å². The van der Waals surface area contributed by atoms with Gasteiger partial charge in [-0.2, -0.15) is 0 Å². The maximum Gasteiger partial charge on any atom is 0.234 e. The molecular formula is C14H23ClN2O2. The van der Waals surface area contributed by atoms with Crippen molar-refractivity contribution < 1.29 is 9.53 Å². The first-order valence-corrected chi connectivity index (χ1v) is 6.29. The minimum atomic E-state index is -0.162. The highest BCUT2D eigenvalue weighted by Gasteiger charge is 2.08. The third-order valence-corrected chi connectivity index (χ3v) is 2.79. The Hall–Kier alpha value is -1.26. The first-order chi connectivity index (χ1) is 8.56. The van der Waals surface area contributed by atoms with Crippen LogP contribution in [0, 0.1) is 6.92 Å². The minimum Gasteiger partial charge on any atom is -0.490 e. The van der Waals surface area contributed by atoms with Crippen molar-refractivity contribution in [3.8, 4) is 5.75 Å². The third kappa shape index (κ3) is 5.94. The van der Waals surface area contributed by atoms with Gasteiger partial charge in [-0.3, -0.25) is 4.79 Å². The summed E-state index contributed by atoms with van der Waals surface area (Å²) in [6.07, 6.45) is 1.11. The Morgan fingerprint density at radius 2 is 2.16 bits per heavy atom. The Bertz CT molecular complexity index is 410. The van der Waals surface area contributed by atoms with Crippen LogP contribution in [0.15, 0.2) is 18.2 Å². The Kier molecular flexibility index (Phi) is 8.19. The number of carbonyl (C=O) groups is 1. The molecule has 0 spiro atoms. The van der Waals surface area contributed by atoms with Gasteiger partial charge in [0, 0.05) is 12.1 Å². The summed E-state index contributed by atoms with van der Waals surface area (Å²) in [5, 5.41) is 2.76. The summed E-state index contributed by atoms with van der Waals surface area (Å²) >= 11 is 0. The number of carbonyl (C=O) groups excluding carboxylic acids is 1. The topological polar surface area (TPSA) is 64.3 Å². The fraction of sp³-hybridized carbons (Fsp3) is 0.500. The number of rotatable bonds is 6. The molecule has 108 valence electrons. The number of halogens is 1. The van der Waals surface area contributed by atoms with E-state index in [-0.39, 0.29) is 31.0 Å². The standard InChI is InChI=1S/C14H22N2O2.ClH/c1-4-11(3)18-13-7-10(2)5-6-12(13)9-16-14(17)8-15;/h5-7,11H,4,8-9,15H2,1-3H3,(H,16,17);1H. The molecule has 5 heteroatoms. The van der Waals surface area contributed by atoms with Gasteiger partial charge in [0.05, 0.1) is 12.6 Å². The zero-order valence-electron chi connectivity index (χ0n) is 11.7. The zero-order chi connectivity index (χ0) is 13.5. The molecule has 1 aromatic rings. The van der Waals surface area contributed by atoms with E-state index < -0.39 is 0 Å². The van der Waals surface area contributed by atoms with E-state index >= 15 is 0 Å². The highest BCUT2D eigenvalue weighted by Crippen LogP contribution is 2.22. The van der Waals surface area contributed by atoms with Crippen LogP contribution in [0.3, 0.4) is 0 Å². The molecule has 0 aliphatic heterocycles. The fourth-order valence-electron chi connectivity index (χ4n) is 1.48. The number of benzene rings is 1. The molecule has 1 rings (SSSR count). The first-order valence-electron chi connectivity index (χ1n) is 6.29. The van der Waals surface area contributed by atoms with Gasteiger partial charge in [-0.05, 0) is 31.9 Å². The maximum atomic E-state index is 11.2. The van der Waals surface area contributed by atoms with Gasteiger partial charge in [0.15, 0.2) is 0 Å². The Morgan fingerprint density at radius 3 is 2.74 bits per heavy atom. The maximum absolute atomic E-state index is 11.2. The van der Waals surface area contributed by atoms with Crippen LogP contribution in [-0.2, 0) is 11.3 Å². The van der Waals surface area contributed by atoms with Crippen molar-refractivity contribution in [3.63, 3.8) is 0 Å². The molecular weight excluding hydrogens is 264 g/mol. The summed E-state index contributed by atoms with van der Waals surface area (Å²) in [4.78, 5) is 11.2. The highest BCUT2D eigenvalue weighted by molar-refractivity contribution is 5.85. The van der Waals surface area contributed by atoms with Crippen LogP contribution in [0.25, 0.3) is 0 Å². The van der Waals surface area contributed by atoms with Crippen molar-refractivity contribution in [3.05, 3.63) is 29.3 Å². The molecule has 0 saturated carbocycles. The fourth-order valence-corrected chi connectivity index (χ4v) is 1.48. The quantitative estimate of drug-likeness (QED) is 0.842. The normalized spacial score (nSPS) is 11.4. The molecule has 0 heterocycles. The van der Waals surface area contributed by atoms with Gasteiger partial charge in [0.2, 0.25) is 5.91 Å². The van der Waals surface area contributed by atoms with Crippen molar-refractivity contribution in [1.29, 1.82) is 0 Å². The molecule has 1 aromatic carbocycles. The third-order valence-electron chi connectivity index (χ3n) is 2.79. The van der Waals surface area contributed by atoms with Gasteiger partial charge in [-0.15, -0.1) is 12.4 Å². The summed E-state index contributed by atoms with van der Waals surface area (Å²) in [6, 6.07) is 5.98. The van der Waals surface area contributed by atoms with E-state index in [2.05, 4.69) is 12.2 Å². The number of hydrogen-bond donors (Lipinski definition) is 2. The molecule has 1 atom stereocenters. The minimum absolute atomic E-state index is 0. The number of ether oxygens (including phenoxy) is 1. The first kappa shape index (κ1) is 17.7. The summed E-state index contributed by atoms with van der Waals surface area (Å²) < 4.78 is 5.86. The van der Waals surface area contributed by atoms with Crippen molar-refractivity contribution in [2.75, 3.05) is 6.54 Å². The van der Waals surface area contributed by atoms with Crippen molar-refractivity contribution in [2.24, 2.45) is 5.73 Å². The number of aryl methyl sites for hydroxylation is 1. The number of nitrogens with two attached hydrogens (primary N) is 1. The van der Waals surface area contributed by atoms with Gasteiger partial charge >= 0.3 is 0 Å². The zero-order valence-corrected chi connectivity index (χ0v) is 12.5. The molecule has 0 radical (unpaired) electrons. The number of amides is 1. The number of hydrogen-bond acceptors (Lipinski definition) is 3. The predicted octanol–water partition coefficient (Wildman–Crippen LogP) is 2.17. The second-order valence-corrected chi connectivity index (χ2v) is 4.43. The lowest BCUT2D eigenvalue weighted by atomic mass is 10.1.